The Morgan fingerprint density at radius 2 is 2.00 bits per heavy atom. The number of fused-ring (bicyclic) bond motifs is 1. The number of hydrogen-bond acceptors (Lipinski definition) is 3. The van der Waals surface area contributed by atoms with Crippen LogP contribution in [0.5, 0.6) is 5.75 Å². The molecular weight excluding hydrogens is 324 g/mol. The number of imidazole rings is 1. The maximum Gasteiger partial charge on any atom is 0.119 e. The standard InChI is InChI=1S/C22H24N2O2/c1-16-23-21-8-4-5-9-22(21)24(16)14-19(25)15-26-20-12-10-18(11-13-20)17-6-2-3-7-17/h2,4-6,8-13,17,19,25H,3,7,14-15H2,1H3/t17-,19-/m1/s1. The lowest BCUT2D eigenvalue weighted by molar-refractivity contribution is 0.0929. The molecule has 0 fully saturated rings. The van der Waals surface area contributed by atoms with E-state index in [0.717, 1.165) is 29.0 Å². The quantitative estimate of drug-likeness (QED) is 0.679. The lowest BCUT2D eigenvalue weighted by Gasteiger charge is -2.15. The zero-order chi connectivity index (χ0) is 17.9. The van der Waals surface area contributed by atoms with Gasteiger partial charge in [0.1, 0.15) is 24.3 Å². The Morgan fingerprint density at radius 1 is 1.19 bits per heavy atom. The maximum absolute atomic E-state index is 10.4. The van der Waals surface area contributed by atoms with Gasteiger partial charge in [-0.05, 0) is 49.6 Å². The highest BCUT2D eigenvalue weighted by molar-refractivity contribution is 5.75. The largest absolute Gasteiger partial charge is 0.491 e. The molecular formula is C22H24N2O2. The molecule has 0 bridgehead atoms. The second-order valence-corrected chi connectivity index (χ2v) is 6.90. The SMILES string of the molecule is Cc1nc2ccccc2n1C[C@@H](O)COc1ccc([C@@H]2C=CCC2)cc1. The summed E-state index contributed by atoms with van der Waals surface area (Å²) in [5.74, 6) is 2.23. The minimum Gasteiger partial charge on any atom is -0.491 e. The highest BCUT2D eigenvalue weighted by Gasteiger charge is 2.14. The average Bonchev–Trinajstić information content (AvgIpc) is 3.29. The van der Waals surface area contributed by atoms with Crippen molar-refractivity contribution in [2.45, 2.75) is 38.3 Å². The van der Waals surface area contributed by atoms with Crippen molar-refractivity contribution in [2.24, 2.45) is 0 Å². The molecule has 1 aromatic heterocycles. The molecule has 0 saturated heterocycles. The molecule has 0 amide bonds. The Balaban J connectivity index is 1.37. The molecule has 0 radical (unpaired) electrons. The second kappa shape index (κ2) is 7.34. The Kier molecular flexibility index (Phi) is 4.76. The summed E-state index contributed by atoms with van der Waals surface area (Å²) < 4.78 is 7.82. The van der Waals surface area contributed by atoms with E-state index in [9.17, 15) is 5.11 Å². The van der Waals surface area contributed by atoms with E-state index in [1.54, 1.807) is 0 Å². The molecule has 26 heavy (non-hydrogen) atoms. The van der Waals surface area contributed by atoms with Crippen LogP contribution in [0.4, 0.5) is 0 Å². The van der Waals surface area contributed by atoms with Crippen LogP contribution in [0.25, 0.3) is 11.0 Å². The van der Waals surface area contributed by atoms with E-state index in [1.165, 1.54) is 12.0 Å². The number of rotatable bonds is 6. The van der Waals surface area contributed by atoms with Crippen molar-refractivity contribution in [1.29, 1.82) is 0 Å². The van der Waals surface area contributed by atoms with Gasteiger partial charge in [0.25, 0.3) is 0 Å². The zero-order valence-corrected chi connectivity index (χ0v) is 15.0. The number of aromatic nitrogens is 2. The van der Waals surface area contributed by atoms with Crippen LogP contribution in [-0.2, 0) is 6.54 Å². The predicted molar refractivity (Wildman–Crippen MR) is 104 cm³/mol. The van der Waals surface area contributed by atoms with Crippen LogP contribution in [0.3, 0.4) is 0 Å². The van der Waals surface area contributed by atoms with Crippen LogP contribution in [0.15, 0.2) is 60.7 Å². The van der Waals surface area contributed by atoms with Gasteiger partial charge in [0, 0.05) is 5.92 Å². The fraction of sp³-hybridized carbons (Fsp3) is 0.318. The first-order chi connectivity index (χ1) is 12.7. The van der Waals surface area contributed by atoms with E-state index in [0.29, 0.717) is 12.5 Å². The molecule has 4 nitrogen and oxygen atoms in total. The van der Waals surface area contributed by atoms with E-state index in [2.05, 4.69) is 29.3 Å². The Morgan fingerprint density at radius 3 is 2.77 bits per heavy atom. The molecule has 1 aliphatic rings. The van der Waals surface area contributed by atoms with E-state index >= 15 is 0 Å². The topological polar surface area (TPSA) is 47.3 Å². The van der Waals surface area contributed by atoms with Gasteiger partial charge in [-0.1, -0.05) is 36.4 Å². The molecule has 0 aliphatic heterocycles. The smallest absolute Gasteiger partial charge is 0.119 e. The summed E-state index contributed by atoms with van der Waals surface area (Å²) in [6.07, 6.45) is 6.28. The first-order valence-electron chi connectivity index (χ1n) is 9.20. The summed E-state index contributed by atoms with van der Waals surface area (Å²) in [4.78, 5) is 4.54. The molecule has 2 atom stereocenters. The number of allylic oxidation sites excluding steroid dienone is 2. The molecule has 1 heterocycles. The molecule has 3 aromatic rings. The van der Waals surface area contributed by atoms with Crippen molar-refractivity contribution >= 4 is 11.0 Å². The van der Waals surface area contributed by atoms with Gasteiger partial charge in [0.2, 0.25) is 0 Å². The number of aliphatic hydroxyl groups is 1. The Labute approximate surface area is 153 Å². The average molecular weight is 348 g/mol. The van der Waals surface area contributed by atoms with Crippen LogP contribution in [-0.4, -0.2) is 27.4 Å². The Hall–Kier alpha value is -2.59. The third kappa shape index (κ3) is 3.51. The third-order valence-corrected chi connectivity index (χ3v) is 5.00. The molecule has 1 aliphatic carbocycles. The van der Waals surface area contributed by atoms with Gasteiger partial charge >= 0.3 is 0 Å². The highest BCUT2D eigenvalue weighted by Crippen LogP contribution is 2.29. The summed E-state index contributed by atoms with van der Waals surface area (Å²) in [6, 6.07) is 16.2. The second-order valence-electron chi connectivity index (χ2n) is 6.90. The summed E-state index contributed by atoms with van der Waals surface area (Å²) in [5.41, 5.74) is 3.32. The number of aliphatic hydroxyl groups excluding tert-OH is 1. The molecule has 0 saturated carbocycles. The lowest BCUT2D eigenvalue weighted by atomic mass is 9.99. The van der Waals surface area contributed by atoms with E-state index < -0.39 is 6.10 Å². The van der Waals surface area contributed by atoms with Gasteiger partial charge in [0.05, 0.1) is 17.6 Å². The summed E-state index contributed by atoms with van der Waals surface area (Å²) in [7, 11) is 0. The van der Waals surface area contributed by atoms with Crippen molar-refractivity contribution in [3.05, 3.63) is 72.1 Å². The number of aryl methyl sites for hydroxylation is 1. The maximum atomic E-state index is 10.4. The zero-order valence-electron chi connectivity index (χ0n) is 15.0. The predicted octanol–water partition coefficient (Wildman–Crippen LogP) is 4.22. The third-order valence-electron chi connectivity index (χ3n) is 5.00. The molecule has 0 spiro atoms. The molecule has 0 unspecified atom stereocenters. The van der Waals surface area contributed by atoms with Crippen LogP contribution < -0.4 is 4.74 Å². The van der Waals surface area contributed by atoms with Crippen molar-refractivity contribution in [1.82, 2.24) is 9.55 Å². The minimum absolute atomic E-state index is 0.259. The summed E-state index contributed by atoms with van der Waals surface area (Å²) in [6.45, 7) is 2.69. The van der Waals surface area contributed by atoms with Crippen molar-refractivity contribution in [3.8, 4) is 5.75 Å². The number of para-hydroxylation sites is 2. The monoisotopic (exact) mass is 348 g/mol. The fourth-order valence-corrected chi connectivity index (χ4v) is 3.60. The summed E-state index contributed by atoms with van der Waals surface area (Å²) in [5, 5.41) is 10.4. The number of benzene rings is 2. The Bertz CT molecular complexity index is 912. The van der Waals surface area contributed by atoms with Gasteiger partial charge in [-0.3, -0.25) is 0 Å². The van der Waals surface area contributed by atoms with Crippen molar-refractivity contribution in [2.75, 3.05) is 6.61 Å². The highest BCUT2D eigenvalue weighted by atomic mass is 16.5. The normalized spacial score (nSPS) is 17.7. The number of ether oxygens (including phenoxy) is 1. The number of nitrogens with zero attached hydrogens (tertiary/aromatic N) is 2. The van der Waals surface area contributed by atoms with Gasteiger partial charge in [0.15, 0.2) is 0 Å². The molecule has 134 valence electrons. The van der Waals surface area contributed by atoms with Crippen LogP contribution in [0.1, 0.15) is 30.1 Å². The molecule has 4 heteroatoms. The first-order valence-corrected chi connectivity index (χ1v) is 9.20. The van der Waals surface area contributed by atoms with E-state index in [-0.39, 0.29) is 6.61 Å². The first kappa shape index (κ1) is 16.9. The van der Waals surface area contributed by atoms with Crippen LogP contribution in [0, 0.1) is 6.92 Å². The van der Waals surface area contributed by atoms with Crippen LogP contribution >= 0.6 is 0 Å². The minimum atomic E-state index is -0.594. The molecule has 2 aromatic carbocycles. The summed E-state index contributed by atoms with van der Waals surface area (Å²) >= 11 is 0. The van der Waals surface area contributed by atoms with Crippen molar-refractivity contribution < 1.29 is 9.84 Å². The van der Waals surface area contributed by atoms with Gasteiger partial charge in [-0.15, -0.1) is 0 Å². The van der Waals surface area contributed by atoms with Crippen LogP contribution in [0.2, 0.25) is 0 Å². The van der Waals surface area contributed by atoms with Crippen molar-refractivity contribution in [3.63, 3.8) is 0 Å². The number of hydrogen-bond donors (Lipinski definition) is 1. The fourth-order valence-electron chi connectivity index (χ4n) is 3.60. The molecule has 1 N–H and O–H groups in total. The van der Waals surface area contributed by atoms with Gasteiger partial charge in [-0.25, -0.2) is 4.98 Å². The van der Waals surface area contributed by atoms with E-state index in [4.69, 9.17) is 4.74 Å². The molecule has 4 rings (SSSR count). The van der Waals surface area contributed by atoms with Gasteiger partial charge in [-0.2, -0.15) is 0 Å². The van der Waals surface area contributed by atoms with Gasteiger partial charge < -0.3 is 14.4 Å². The van der Waals surface area contributed by atoms with E-state index in [1.807, 2.05) is 47.9 Å². The lowest BCUT2D eigenvalue weighted by Crippen LogP contribution is -2.24.